The summed E-state index contributed by atoms with van der Waals surface area (Å²) < 4.78 is 6.41. The van der Waals surface area contributed by atoms with E-state index in [1.165, 1.54) is 5.69 Å². The van der Waals surface area contributed by atoms with Crippen LogP contribution in [0.4, 0.5) is 5.69 Å². The molecule has 0 aliphatic carbocycles. The summed E-state index contributed by atoms with van der Waals surface area (Å²) in [6, 6.07) is 7.40. The molecule has 2 atom stereocenters. The second kappa shape index (κ2) is 6.14. The Labute approximate surface area is 124 Å². The van der Waals surface area contributed by atoms with Gasteiger partial charge in [0.1, 0.15) is 5.75 Å². The predicted molar refractivity (Wildman–Crippen MR) is 84.1 cm³/mol. The number of ether oxygens (including phenoxy) is 1. The van der Waals surface area contributed by atoms with Crippen LogP contribution in [0.3, 0.4) is 0 Å². The first-order valence-electron chi connectivity index (χ1n) is 6.86. The van der Waals surface area contributed by atoms with E-state index in [1.807, 2.05) is 0 Å². The molecule has 0 radical (unpaired) electrons. The van der Waals surface area contributed by atoms with Crippen LogP contribution in [0.1, 0.15) is 20.8 Å². The van der Waals surface area contributed by atoms with Gasteiger partial charge in [-0.15, -0.1) is 0 Å². The smallest absolute Gasteiger partial charge is 0.135 e. The van der Waals surface area contributed by atoms with E-state index in [1.54, 1.807) is 7.11 Å². The van der Waals surface area contributed by atoms with Gasteiger partial charge in [0.05, 0.1) is 11.6 Å². The highest BCUT2D eigenvalue weighted by molar-refractivity contribution is 9.10. The monoisotopic (exact) mass is 326 g/mol. The van der Waals surface area contributed by atoms with E-state index in [2.05, 4.69) is 65.1 Å². The molecule has 1 heterocycles. The summed E-state index contributed by atoms with van der Waals surface area (Å²) in [5.74, 6) is 1.51. The fraction of sp³-hybridized carbons (Fsp3) is 0.600. The van der Waals surface area contributed by atoms with E-state index in [0.717, 1.165) is 23.3 Å². The van der Waals surface area contributed by atoms with Crippen molar-refractivity contribution in [3.05, 3.63) is 22.7 Å². The lowest BCUT2D eigenvalue weighted by Gasteiger charge is -2.43. The van der Waals surface area contributed by atoms with E-state index in [4.69, 9.17) is 4.74 Å². The minimum Gasteiger partial charge on any atom is -0.495 e. The van der Waals surface area contributed by atoms with Gasteiger partial charge in [-0.25, -0.2) is 0 Å². The number of nitrogens with zero attached hydrogens (tertiary/aromatic N) is 1. The Bertz CT molecular complexity index is 436. The van der Waals surface area contributed by atoms with Crippen LogP contribution >= 0.6 is 15.9 Å². The molecule has 0 aromatic heterocycles. The summed E-state index contributed by atoms with van der Waals surface area (Å²) in [5.41, 5.74) is 1.24. The fourth-order valence-electron chi connectivity index (χ4n) is 2.65. The molecule has 1 aliphatic rings. The third kappa shape index (κ3) is 3.23. The van der Waals surface area contributed by atoms with Crippen LogP contribution in [0.5, 0.6) is 5.75 Å². The molecular formula is C15H23BrN2O. The van der Waals surface area contributed by atoms with E-state index in [-0.39, 0.29) is 0 Å². The van der Waals surface area contributed by atoms with Crippen molar-refractivity contribution < 1.29 is 4.74 Å². The van der Waals surface area contributed by atoms with Gasteiger partial charge in [0.2, 0.25) is 0 Å². The molecule has 1 saturated heterocycles. The van der Waals surface area contributed by atoms with Crippen LogP contribution in [-0.4, -0.2) is 32.3 Å². The Morgan fingerprint density at radius 1 is 1.42 bits per heavy atom. The number of halogens is 1. The number of piperazine rings is 1. The molecule has 1 aromatic carbocycles. The molecule has 0 bridgehead atoms. The molecule has 0 amide bonds. The van der Waals surface area contributed by atoms with Crippen molar-refractivity contribution in [2.45, 2.75) is 32.9 Å². The van der Waals surface area contributed by atoms with Gasteiger partial charge in [-0.2, -0.15) is 0 Å². The van der Waals surface area contributed by atoms with E-state index >= 15 is 0 Å². The summed E-state index contributed by atoms with van der Waals surface area (Å²) in [5, 5.41) is 3.57. The third-order valence-corrected chi connectivity index (χ3v) is 4.44. The highest BCUT2D eigenvalue weighted by Gasteiger charge is 2.28. The van der Waals surface area contributed by atoms with Crippen LogP contribution in [0, 0.1) is 5.92 Å². The van der Waals surface area contributed by atoms with Crippen molar-refractivity contribution in [1.29, 1.82) is 0 Å². The molecule has 19 heavy (non-hydrogen) atoms. The Morgan fingerprint density at radius 3 is 2.79 bits per heavy atom. The van der Waals surface area contributed by atoms with Crippen LogP contribution in [-0.2, 0) is 0 Å². The normalized spacial score (nSPS) is 23.8. The lowest BCUT2D eigenvalue weighted by molar-refractivity contribution is 0.348. The molecule has 0 spiro atoms. The van der Waals surface area contributed by atoms with Crippen molar-refractivity contribution in [2.75, 3.05) is 25.1 Å². The number of benzene rings is 1. The Morgan fingerprint density at radius 2 is 2.16 bits per heavy atom. The second-order valence-electron chi connectivity index (χ2n) is 5.59. The molecule has 2 rings (SSSR count). The quantitative estimate of drug-likeness (QED) is 0.922. The molecule has 0 saturated carbocycles. The van der Waals surface area contributed by atoms with Crippen molar-refractivity contribution >= 4 is 21.6 Å². The molecule has 4 heteroatoms. The van der Waals surface area contributed by atoms with Gasteiger partial charge in [-0.05, 0) is 40.9 Å². The van der Waals surface area contributed by atoms with E-state index < -0.39 is 0 Å². The standard InChI is InChI=1S/C15H23BrN2O/c1-10(2)14-8-17-11(3)9-18(14)12-5-6-13(16)15(7-12)19-4/h5-7,10-11,14,17H,8-9H2,1-4H3. The van der Waals surface area contributed by atoms with Gasteiger partial charge >= 0.3 is 0 Å². The molecule has 1 aromatic rings. The van der Waals surface area contributed by atoms with Gasteiger partial charge < -0.3 is 15.0 Å². The molecule has 1 fully saturated rings. The van der Waals surface area contributed by atoms with Crippen molar-refractivity contribution in [3.8, 4) is 5.75 Å². The number of anilines is 1. The Hall–Kier alpha value is -0.740. The Balaban J connectivity index is 2.30. The van der Waals surface area contributed by atoms with Crippen LogP contribution in [0.2, 0.25) is 0 Å². The highest BCUT2D eigenvalue weighted by atomic mass is 79.9. The number of methoxy groups -OCH3 is 1. The van der Waals surface area contributed by atoms with Crippen molar-refractivity contribution in [2.24, 2.45) is 5.92 Å². The van der Waals surface area contributed by atoms with Crippen LogP contribution in [0.15, 0.2) is 22.7 Å². The minimum absolute atomic E-state index is 0.518. The van der Waals surface area contributed by atoms with Gasteiger partial charge in [-0.1, -0.05) is 13.8 Å². The summed E-state index contributed by atoms with van der Waals surface area (Å²) >= 11 is 3.51. The average molecular weight is 327 g/mol. The second-order valence-corrected chi connectivity index (χ2v) is 6.45. The molecule has 1 N–H and O–H groups in total. The first-order chi connectivity index (χ1) is 9.02. The summed E-state index contributed by atoms with van der Waals surface area (Å²) in [6.45, 7) is 8.88. The zero-order chi connectivity index (χ0) is 14.0. The maximum absolute atomic E-state index is 5.41. The van der Waals surface area contributed by atoms with Crippen LogP contribution in [0.25, 0.3) is 0 Å². The minimum atomic E-state index is 0.518. The largest absolute Gasteiger partial charge is 0.495 e. The molecule has 106 valence electrons. The molecule has 3 nitrogen and oxygen atoms in total. The Kier molecular flexibility index (Phi) is 4.74. The molecule has 1 aliphatic heterocycles. The summed E-state index contributed by atoms with van der Waals surface area (Å²) in [4.78, 5) is 2.50. The van der Waals surface area contributed by atoms with Gasteiger partial charge in [0.25, 0.3) is 0 Å². The zero-order valence-electron chi connectivity index (χ0n) is 12.1. The summed E-state index contributed by atoms with van der Waals surface area (Å²) in [7, 11) is 1.71. The van der Waals surface area contributed by atoms with Gasteiger partial charge in [0, 0.05) is 36.9 Å². The average Bonchev–Trinajstić information content (AvgIpc) is 2.38. The SMILES string of the molecule is COc1cc(N2CC(C)NCC2C(C)C)ccc1Br. The van der Waals surface area contributed by atoms with Crippen LogP contribution < -0.4 is 15.0 Å². The van der Waals surface area contributed by atoms with Crippen molar-refractivity contribution in [3.63, 3.8) is 0 Å². The molecule has 2 unspecified atom stereocenters. The van der Waals surface area contributed by atoms with Gasteiger partial charge in [0.15, 0.2) is 0 Å². The number of hydrogen-bond donors (Lipinski definition) is 1. The fourth-order valence-corrected chi connectivity index (χ4v) is 3.06. The van der Waals surface area contributed by atoms with E-state index in [0.29, 0.717) is 18.0 Å². The maximum Gasteiger partial charge on any atom is 0.135 e. The highest BCUT2D eigenvalue weighted by Crippen LogP contribution is 2.32. The first kappa shape index (κ1) is 14.7. The van der Waals surface area contributed by atoms with Crippen molar-refractivity contribution in [1.82, 2.24) is 5.32 Å². The lowest BCUT2D eigenvalue weighted by Crippen LogP contribution is -2.57. The lowest BCUT2D eigenvalue weighted by atomic mass is 9.98. The maximum atomic E-state index is 5.41. The third-order valence-electron chi connectivity index (χ3n) is 3.78. The molecular weight excluding hydrogens is 304 g/mol. The van der Waals surface area contributed by atoms with E-state index in [9.17, 15) is 0 Å². The zero-order valence-corrected chi connectivity index (χ0v) is 13.7. The number of nitrogens with one attached hydrogen (secondary N) is 1. The summed E-state index contributed by atoms with van der Waals surface area (Å²) in [6.07, 6.45) is 0. The topological polar surface area (TPSA) is 24.5 Å². The predicted octanol–water partition coefficient (Wildman–Crippen LogP) is 3.28. The number of rotatable bonds is 3. The van der Waals surface area contributed by atoms with Gasteiger partial charge in [-0.3, -0.25) is 0 Å². The number of hydrogen-bond acceptors (Lipinski definition) is 3. The first-order valence-corrected chi connectivity index (χ1v) is 7.65.